The second-order valence-electron chi connectivity index (χ2n) is 17.7. The topological polar surface area (TPSA) is 175 Å². The number of fused-ring (bicyclic) bond motifs is 2. The molecular formula is C48H58N8O6. The molecule has 326 valence electrons. The number of hydrogen-bond acceptors (Lipinski definition) is 8. The molecule has 0 bridgehead atoms. The highest BCUT2D eigenvalue weighted by molar-refractivity contribution is 5.89. The van der Waals surface area contributed by atoms with Crippen LogP contribution in [-0.4, -0.2) is 93.1 Å². The number of aromatic nitrogens is 4. The van der Waals surface area contributed by atoms with Crippen LogP contribution in [0.4, 0.5) is 9.59 Å². The first-order chi connectivity index (χ1) is 30.3. The largest absolute Gasteiger partial charge is 0.453 e. The monoisotopic (exact) mass is 842 g/mol. The maximum atomic E-state index is 14.1. The highest BCUT2D eigenvalue weighted by Crippen LogP contribution is 2.38. The number of benzene rings is 3. The van der Waals surface area contributed by atoms with E-state index in [1.807, 2.05) is 21.9 Å². The van der Waals surface area contributed by atoms with Crippen molar-refractivity contribution in [2.24, 2.45) is 11.8 Å². The van der Waals surface area contributed by atoms with Crippen molar-refractivity contribution < 1.29 is 28.7 Å². The number of nitrogens with zero attached hydrogens (tertiary/aromatic N) is 4. The Morgan fingerprint density at radius 1 is 0.548 bits per heavy atom. The molecule has 0 spiro atoms. The minimum atomic E-state index is -0.607. The third-order valence-corrected chi connectivity index (χ3v) is 13.9. The fraction of sp³-hybridized carbons (Fsp3) is 0.500. The smallest absolute Gasteiger partial charge is 0.407 e. The van der Waals surface area contributed by atoms with Crippen molar-refractivity contribution in [3.8, 4) is 22.3 Å². The molecule has 9 rings (SSSR count). The van der Waals surface area contributed by atoms with Crippen molar-refractivity contribution in [3.63, 3.8) is 0 Å². The predicted octanol–water partition coefficient (Wildman–Crippen LogP) is 8.71. The summed E-state index contributed by atoms with van der Waals surface area (Å²) < 4.78 is 9.84. The van der Waals surface area contributed by atoms with Gasteiger partial charge in [0.05, 0.1) is 48.4 Å². The summed E-state index contributed by atoms with van der Waals surface area (Å²) >= 11 is 0. The minimum Gasteiger partial charge on any atom is -0.453 e. The summed E-state index contributed by atoms with van der Waals surface area (Å²) in [6.07, 6.45) is 12.4. The first kappa shape index (κ1) is 41.4. The molecule has 4 heterocycles. The second-order valence-corrected chi connectivity index (χ2v) is 17.7. The Kier molecular flexibility index (Phi) is 12.2. The van der Waals surface area contributed by atoms with E-state index in [4.69, 9.17) is 19.4 Å². The van der Waals surface area contributed by atoms with E-state index in [0.717, 1.165) is 146 Å². The van der Waals surface area contributed by atoms with Crippen LogP contribution in [0.2, 0.25) is 0 Å². The van der Waals surface area contributed by atoms with E-state index in [-0.39, 0.29) is 35.7 Å². The molecule has 4 fully saturated rings. The van der Waals surface area contributed by atoms with E-state index >= 15 is 0 Å². The number of carbonyl (C=O) groups excluding carboxylic acids is 4. The van der Waals surface area contributed by atoms with Gasteiger partial charge >= 0.3 is 12.2 Å². The molecule has 0 radical (unpaired) electrons. The summed E-state index contributed by atoms with van der Waals surface area (Å²) in [5.74, 6) is 1.61. The number of aromatic amines is 2. The standard InChI is InChI=1S/C48H58N8O6/c1-61-47(59)53-41(31-11-5-3-6-12-31)45(57)55-25-9-15-39(55)43-49-35-23-21-33(27-37(35)51-43)29-17-19-30(20-18-29)34-22-24-36-38(28-34)52-44(50-36)40-16-10-26-56(40)46(58)42(54-48(60)62-2)32-13-7-4-8-14-32/h17-24,27-28,31-32,39-42H,3-16,25-26H2,1-2H3,(H,49,51)(H,50,52)(H,53,59)(H,54,60)/t39-,40+,41-,42-/m0/s1. The molecule has 5 aromatic rings. The first-order valence-corrected chi connectivity index (χ1v) is 22.7. The molecule has 4 amide bonds. The van der Waals surface area contributed by atoms with Crippen LogP contribution in [0.5, 0.6) is 0 Å². The van der Waals surface area contributed by atoms with Crippen LogP contribution < -0.4 is 10.6 Å². The van der Waals surface area contributed by atoms with Crippen LogP contribution in [-0.2, 0) is 19.1 Å². The number of methoxy groups -OCH3 is 2. The molecule has 2 saturated carbocycles. The Balaban J connectivity index is 0.895. The summed E-state index contributed by atoms with van der Waals surface area (Å²) in [6, 6.07) is 19.3. The number of hydrogen-bond donors (Lipinski definition) is 4. The van der Waals surface area contributed by atoms with Gasteiger partial charge in [0.25, 0.3) is 0 Å². The number of likely N-dealkylation sites (tertiary alicyclic amines) is 2. The van der Waals surface area contributed by atoms with E-state index < -0.39 is 24.3 Å². The van der Waals surface area contributed by atoms with Crippen molar-refractivity contribution in [3.05, 3.63) is 72.3 Å². The van der Waals surface area contributed by atoms with Crippen molar-refractivity contribution >= 4 is 46.1 Å². The van der Waals surface area contributed by atoms with Crippen LogP contribution in [0.1, 0.15) is 114 Å². The number of ether oxygens (including phenoxy) is 2. The van der Waals surface area contributed by atoms with E-state index in [1.54, 1.807) is 0 Å². The van der Waals surface area contributed by atoms with Gasteiger partial charge in [-0.05, 0) is 110 Å². The number of amides is 4. The maximum Gasteiger partial charge on any atom is 0.407 e. The predicted molar refractivity (Wildman–Crippen MR) is 236 cm³/mol. The highest BCUT2D eigenvalue weighted by atomic mass is 16.5. The van der Waals surface area contributed by atoms with E-state index in [0.29, 0.717) is 13.1 Å². The number of H-pyrrole nitrogens is 2. The van der Waals surface area contributed by atoms with E-state index in [1.165, 1.54) is 14.2 Å². The Bertz CT molecular complexity index is 2250. The van der Waals surface area contributed by atoms with Crippen LogP contribution in [0, 0.1) is 11.8 Å². The van der Waals surface area contributed by atoms with Crippen LogP contribution in [0.3, 0.4) is 0 Å². The zero-order valence-corrected chi connectivity index (χ0v) is 35.8. The van der Waals surface area contributed by atoms with Gasteiger partial charge in [-0.1, -0.05) is 74.9 Å². The fourth-order valence-corrected chi connectivity index (χ4v) is 10.6. The Hall–Kier alpha value is -5.92. The first-order valence-electron chi connectivity index (χ1n) is 22.7. The van der Waals surface area contributed by atoms with Crippen LogP contribution in [0.25, 0.3) is 44.3 Å². The molecule has 4 N–H and O–H groups in total. The van der Waals surface area contributed by atoms with Gasteiger partial charge in [0.1, 0.15) is 23.7 Å². The van der Waals surface area contributed by atoms with Crippen LogP contribution in [0.15, 0.2) is 60.7 Å². The average molecular weight is 843 g/mol. The molecule has 3 aromatic carbocycles. The van der Waals surface area contributed by atoms with Gasteiger partial charge in [-0.3, -0.25) is 9.59 Å². The maximum absolute atomic E-state index is 14.1. The van der Waals surface area contributed by atoms with E-state index in [2.05, 4.69) is 69.1 Å². The molecule has 2 aliphatic heterocycles. The number of imidazole rings is 2. The quantitative estimate of drug-likeness (QED) is 0.108. The molecule has 2 saturated heterocycles. The van der Waals surface area contributed by atoms with Gasteiger partial charge in [0.2, 0.25) is 11.8 Å². The molecule has 2 aromatic heterocycles. The number of nitrogens with one attached hydrogen (secondary N) is 4. The zero-order chi connectivity index (χ0) is 42.7. The van der Waals surface area contributed by atoms with Gasteiger partial charge < -0.3 is 39.9 Å². The van der Waals surface area contributed by atoms with Crippen molar-refractivity contribution in [1.29, 1.82) is 0 Å². The van der Waals surface area contributed by atoms with Crippen molar-refractivity contribution in [1.82, 2.24) is 40.4 Å². The lowest BCUT2D eigenvalue weighted by molar-refractivity contribution is -0.136. The molecule has 0 unspecified atom stereocenters. The minimum absolute atomic E-state index is 0.0558. The van der Waals surface area contributed by atoms with Gasteiger partial charge in [-0.25, -0.2) is 19.6 Å². The molecule has 2 aliphatic carbocycles. The summed E-state index contributed by atoms with van der Waals surface area (Å²) in [7, 11) is 2.67. The van der Waals surface area contributed by atoms with Crippen LogP contribution >= 0.6 is 0 Å². The fourth-order valence-electron chi connectivity index (χ4n) is 10.6. The average Bonchev–Trinajstić information content (AvgIpc) is 4.16. The lowest BCUT2D eigenvalue weighted by Gasteiger charge is -2.34. The Morgan fingerprint density at radius 3 is 1.32 bits per heavy atom. The third-order valence-electron chi connectivity index (χ3n) is 13.9. The molecule has 14 nitrogen and oxygen atoms in total. The van der Waals surface area contributed by atoms with Gasteiger partial charge in [0.15, 0.2) is 0 Å². The summed E-state index contributed by atoms with van der Waals surface area (Å²) in [5, 5.41) is 5.76. The van der Waals surface area contributed by atoms with Gasteiger partial charge in [-0.15, -0.1) is 0 Å². The van der Waals surface area contributed by atoms with Gasteiger partial charge in [0, 0.05) is 13.1 Å². The molecular weight excluding hydrogens is 785 g/mol. The van der Waals surface area contributed by atoms with E-state index in [9.17, 15) is 19.2 Å². The Morgan fingerprint density at radius 2 is 0.935 bits per heavy atom. The molecule has 4 aliphatic rings. The summed E-state index contributed by atoms with van der Waals surface area (Å²) in [4.78, 5) is 73.7. The number of rotatable bonds is 10. The van der Waals surface area contributed by atoms with Gasteiger partial charge in [-0.2, -0.15) is 0 Å². The summed E-state index contributed by atoms with van der Waals surface area (Å²) in [6.45, 7) is 1.24. The summed E-state index contributed by atoms with van der Waals surface area (Å²) in [5.41, 5.74) is 7.74. The Labute approximate surface area is 361 Å². The van der Waals surface area contributed by atoms with Crippen molar-refractivity contribution in [2.45, 2.75) is 114 Å². The normalized spacial score (nSPS) is 20.9. The number of alkyl carbamates (subject to hydrolysis) is 2. The SMILES string of the molecule is COC(=O)N[C@H](C(=O)N1CCC[C@@H]1c1nc2ccc(-c3ccc(-c4ccc5nc([C@@H]6CCCN6C(=O)[C@@H](NC(=O)OC)C6CCCCC6)[nH]c5c4)cc3)cc2[nH]1)C1CCCCC1. The third kappa shape index (κ3) is 8.48. The second kappa shape index (κ2) is 18.2. The number of carbonyl (C=O) groups is 4. The molecule has 14 heteroatoms. The molecule has 4 atom stereocenters. The zero-order valence-electron chi connectivity index (χ0n) is 35.8. The highest BCUT2D eigenvalue weighted by Gasteiger charge is 2.41. The molecule has 62 heavy (non-hydrogen) atoms. The van der Waals surface area contributed by atoms with Crippen molar-refractivity contribution in [2.75, 3.05) is 27.3 Å². The lowest BCUT2D eigenvalue weighted by atomic mass is 9.83. The lowest BCUT2D eigenvalue weighted by Crippen LogP contribution is -2.52.